The van der Waals surface area contributed by atoms with Gasteiger partial charge in [-0.05, 0) is 54.7 Å². The van der Waals surface area contributed by atoms with Crippen molar-refractivity contribution in [3.8, 4) is 0 Å². The summed E-state index contributed by atoms with van der Waals surface area (Å²) in [5.74, 6) is 2.98. The number of hydrogen-bond acceptors (Lipinski definition) is 2. The van der Waals surface area contributed by atoms with Gasteiger partial charge in [0.1, 0.15) is 0 Å². The second-order valence-electron chi connectivity index (χ2n) is 6.61. The predicted octanol–water partition coefficient (Wildman–Crippen LogP) is 3.28. The van der Waals surface area contributed by atoms with E-state index < -0.39 is 0 Å². The van der Waals surface area contributed by atoms with Gasteiger partial charge >= 0.3 is 0 Å². The van der Waals surface area contributed by atoms with Crippen molar-refractivity contribution in [3.63, 3.8) is 0 Å². The quantitative estimate of drug-likeness (QED) is 0.897. The van der Waals surface area contributed by atoms with Gasteiger partial charge in [-0.1, -0.05) is 30.7 Å². The smallest absolute Gasteiger partial charge is 0.0721 e. The molecular formula is C17H23NO. The molecule has 4 unspecified atom stereocenters. The molecule has 0 amide bonds. The molecule has 19 heavy (non-hydrogen) atoms. The standard InChI is InChI=1S/C17H23NO/c1-2-4-16-14(3-1)10-19-11-17(16)18-9-15-8-12-5-6-13(15)7-12/h1-4,12-13,15,17-18H,5-11H2. The van der Waals surface area contributed by atoms with Gasteiger partial charge < -0.3 is 10.1 Å². The summed E-state index contributed by atoms with van der Waals surface area (Å²) in [5, 5.41) is 3.78. The largest absolute Gasteiger partial charge is 0.375 e. The molecule has 2 heteroatoms. The summed E-state index contributed by atoms with van der Waals surface area (Å²) in [6, 6.07) is 9.12. The van der Waals surface area contributed by atoms with Gasteiger partial charge in [-0.25, -0.2) is 0 Å². The summed E-state index contributed by atoms with van der Waals surface area (Å²) in [5.41, 5.74) is 2.82. The Kier molecular flexibility index (Phi) is 3.08. The molecule has 102 valence electrons. The SMILES string of the molecule is c1ccc2c(c1)COCC2NCC1CC2CCC1C2. The molecule has 2 bridgehead atoms. The average molecular weight is 257 g/mol. The highest BCUT2D eigenvalue weighted by Crippen LogP contribution is 2.48. The second kappa shape index (κ2) is 4.92. The number of ether oxygens (including phenoxy) is 1. The molecule has 0 radical (unpaired) electrons. The Morgan fingerprint density at radius 1 is 1.16 bits per heavy atom. The van der Waals surface area contributed by atoms with E-state index in [-0.39, 0.29) is 0 Å². The summed E-state index contributed by atoms with van der Waals surface area (Å²) < 4.78 is 5.72. The Morgan fingerprint density at radius 3 is 2.95 bits per heavy atom. The lowest BCUT2D eigenvalue weighted by molar-refractivity contribution is 0.0797. The molecule has 4 atom stereocenters. The zero-order chi connectivity index (χ0) is 12.7. The Balaban J connectivity index is 1.41. The predicted molar refractivity (Wildman–Crippen MR) is 75.8 cm³/mol. The Hall–Kier alpha value is -0.860. The maximum absolute atomic E-state index is 5.72. The fourth-order valence-corrected chi connectivity index (χ4v) is 4.47. The van der Waals surface area contributed by atoms with Crippen molar-refractivity contribution in [2.24, 2.45) is 17.8 Å². The number of hydrogen-bond donors (Lipinski definition) is 1. The highest BCUT2D eigenvalue weighted by atomic mass is 16.5. The van der Waals surface area contributed by atoms with Gasteiger partial charge in [-0.3, -0.25) is 0 Å². The van der Waals surface area contributed by atoms with Crippen molar-refractivity contribution in [1.29, 1.82) is 0 Å². The van der Waals surface area contributed by atoms with Crippen molar-refractivity contribution >= 4 is 0 Å². The molecule has 0 saturated heterocycles. The second-order valence-corrected chi connectivity index (χ2v) is 6.61. The maximum Gasteiger partial charge on any atom is 0.0721 e. The van der Waals surface area contributed by atoms with Crippen LogP contribution in [0.4, 0.5) is 0 Å². The van der Waals surface area contributed by atoms with Gasteiger partial charge in [0, 0.05) is 0 Å². The molecule has 2 fully saturated rings. The van der Waals surface area contributed by atoms with E-state index >= 15 is 0 Å². The topological polar surface area (TPSA) is 21.3 Å². The van der Waals surface area contributed by atoms with Gasteiger partial charge in [-0.15, -0.1) is 0 Å². The van der Waals surface area contributed by atoms with Crippen LogP contribution in [0.1, 0.15) is 42.9 Å². The molecule has 2 aliphatic carbocycles. The summed E-state index contributed by atoms with van der Waals surface area (Å²) in [7, 11) is 0. The monoisotopic (exact) mass is 257 g/mol. The first-order chi connectivity index (χ1) is 9.40. The molecule has 1 heterocycles. The first-order valence-corrected chi connectivity index (χ1v) is 7.79. The average Bonchev–Trinajstić information content (AvgIpc) is 3.07. The number of nitrogens with one attached hydrogen (secondary N) is 1. The first kappa shape index (κ1) is 11.9. The van der Waals surface area contributed by atoms with Crippen LogP contribution in [-0.2, 0) is 11.3 Å². The lowest BCUT2D eigenvalue weighted by Crippen LogP contribution is -2.34. The van der Waals surface area contributed by atoms with Gasteiger partial charge in [0.05, 0.1) is 19.3 Å². The van der Waals surface area contributed by atoms with E-state index in [0.717, 1.165) is 31.0 Å². The Morgan fingerprint density at radius 2 is 2.11 bits per heavy atom. The molecule has 3 aliphatic rings. The van der Waals surface area contributed by atoms with E-state index in [2.05, 4.69) is 29.6 Å². The normalized spacial score (nSPS) is 36.4. The highest BCUT2D eigenvalue weighted by molar-refractivity contribution is 5.31. The van der Waals surface area contributed by atoms with Crippen LogP contribution in [0.5, 0.6) is 0 Å². The molecule has 1 N–H and O–H groups in total. The van der Waals surface area contributed by atoms with Crippen molar-refractivity contribution in [2.45, 2.75) is 38.3 Å². The lowest BCUT2D eigenvalue weighted by Gasteiger charge is -2.29. The number of benzene rings is 1. The summed E-state index contributed by atoms with van der Waals surface area (Å²) >= 11 is 0. The van der Waals surface area contributed by atoms with Crippen molar-refractivity contribution < 1.29 is 4.74 Å². The fraction of sp³-hybridized carbons (Fsp3) is 0.647. The minimum absolute atomic E-state index is 0.407. The van der Waals surface area contributed by atoms with Crippen LogP contribution < -0.4 is 5.32 Å². The number of fused-ring (bicyclic) bond motifs is 3. The minimum atomic E-state index is 0.407. The molecule has 0 aromatic heterocycles. The highest BCUT2D eigenvalue weighted by Gasteiger charge is 2.39. The molecule has 1 aromatic rings. The Labute approximate surface area is 115 Å². The van der Waals surface area contributed by atoms with E-state index in [1.54, 1.807) is 0 Å². The van der Waals surface area contributed by atoms with Crippen LogP contribution in [0.2, 0.25) is 0 Å². The van der Waals surface area contributed by atoms with Gasteiger partial charge in [-0.2, -0.15) is 0 Å². The summed E-state index contributed by atoms with van der Waals surface area (Å²) in [6.45, 7) is 2.80. The third-order valence-electron chi connectivity index (χ3n) is 5.48. The van der Waals surface area contributed by atoms with E-state index in [9.17, 15) is 0 Å². The third kappa shape index (κ3) is 2.21. The Bertz CT molecular complexity index is 458. The molecule has 1 aliphatic heterocycles. The van der Waals surface area contributed by atoms with Crippen LogP contribution >= 0.6 is 0 Å². The van der Waals surface area contributed by atoms with Crippen LogP contribution in [0.15, 0.2) is 24.3 Å². The van der Waals surface area contributed by atoms with Crippen molar-refractivity contribution in [3.05, 3.63) is 35.4 Å². The molecule has 2 nitrogen and oxygen atoms in total. The van der Waals surface area contributed by atoms with Crippen molar-refractivity contribution in [1.82, 2.24) is 5.32 Å². The van der Waals surface area contributed by atoms with E-state index in [1.165, 1.54) is 43.4 Å². The lowest BCUT2D eigenvalue weighted by atomic mass is 9.88. The summed E-state index contributed by atoms with van der Waals surface area (Å²) in [4.78, 5) is 0. The third-order valence-corrected chi connectivity index (χ3v) is 5.48. The molecule has 1 aromatic carbocycles. The number of rotatable bonds is 3. The van der Waals surface area contributed by atoms with E-state index in [4.69, 9.17) is 4.74 Å². The molecule has 4 rings (SSSR count). The van der Waals surface area contributed by atoms with Crippen LogP contribution in [0.3, 0.4) is 0 Å². The van der Waals surface area contributed by atoms with Gasteiger partial charge in [0.25, 0.3) is 0 Å². The van der Waals surface area contributed by atoms with E-state index in [1.807, 2.05) is 0 Å². The summed E-state index contributed by atoms with van der Waals surface area (Å²) in [6.07, 6.45) is 5.95. The zero-order valence-corrected chi connectivity index (χ0v) is 11.5. The van der Waals surface area contributed by atoms with E-state index in [0.29, 0.717) is 6.04 Å². The maximum atomic E-state index is 5.72. The fourth-order valence-electron chi connectivity index (χ4n) is 4.47. The first-order valence-electron chi connectivity index (χ1n) is 7.79. The molecule has 2 saturated carbocycles. The minimum Gasteiger partial charge on any atom is -0.375 e. The van der Waals surface area contributed by atoms with Crippen molar-refractivity contribution in [2.75, 3.05) is 13.2 Å². The zero-order valence-electron chi connectivity index (χ0n) is 11.5. The van der Waals surface area contributed by atoms with Crippen LogP contribution in [0.25, 0.3) is 0 Å². The van der Waals surface area contributed by atoms with Crippen LogP contribution in [-0.4, -0.2) is 13.2 Å². The van der Waals surface area contributed by atoms with Crippen LogP contribution in [0, 0.1) is 17.8 Å². The van der Waals surface area contributed by atoms with Gasteiger partial charge in [0.15, 0.2) is 0 Å². The molecular weight excluding hydrogens is 234 g/mol. The van der Waals surface area contributed by atoms with Gasteiger partial charge in [0.2, 0.25) is 0 Å². The molecule has 0 spiro atoms.